The second-order valence-electron chi connectivity index (χ2n) is 6.13. The molecule has 2 unspecified atom stereocenters. The Kier molecular flexibility index (Phi) is 5.41. The molecule has 2 aliphatic rings. The highest BCUT2D eigenvalue weighted by molar-refractivity contribution is 6.11. The molecule has 0 amide bonds. The Morgan fingerprint density at radius 3 is 2.78 bits per heavy atom. The zero-order valence-electron chi connectivity index (χ0n) is 13.5. The first-order valence-corrected chi connectivity index (χ1v) is 7.84. The van der Waals surface area contributed by atoms with Gasteiger partial charge in [-0.25, -0.2) is 0 Å². The Morgan fingerprint density at radius 2 is 2.04 bits per heavy atom. The van der Waals surface area contributed by atoms with Gasteiger partial charge in [0.05, 0.1) is 25.0 Å². The van der Waals surface area contributed by atoms with Gasteiger partial charge in [0.1, 0.15) is 27.5 Å². The second kappa shape index (κ2) is 7.34. The van der Waals surface area contributed by atoms with E-state index in [1.54, 1.807) is 18.9 Å². The van der Waals surface area contributed by atoms with E-state index in [4.69, 9.17) is 34.6 Å². The Balaban J connectivity index is 1.65. The molecule has 0 spiro atoms. The second-order valence-corrected chi connectivity index (χ2v) is 6.13. The average Bonchev–Trinajstić information content (AvgIpc) is 3.19. The lowest BCUT2D eigenvalue weighted by Crippen LogP contribution is -2.25. The summed E-state index contributed by atoms with van der Waals surface area (Å²) < 4.78 is 23.8. The standard InChI is InChI=1S/C14H21B2N3O4/c1-20-7-11-8(3-12(15)22-11)5-19-6-9(17-18-19)14-10(21-2)4-13(16)23-14/h6,8,10-14H,3-5,7H2,1-2H3/t8?,10?,11-,12-,13-,14-/m1/s1. The predicted octanol–water partition coefficient (Wildman–Crippen LogP) is -0.205. The van der Waals surface area contributed by atoms with Gasteiger partial charge in [-0.05, 0) is 12.8 Å². The minimum absolute atomic E-state index is 0.0227. The summed E-state index contributed by atoms with van der Waals surface area (Å²) in [5.74, 6) is 0.240. The first-order chi connectivity index (χ1) is 11.1. The highest BCUT2D eigenvalue weighted by atomic mass is 16.6. The van der Waals surface area contributed by atoms with Crippen LogP contribution in [-0.2, 0) is 25.5 Å². The summed E-state index contributed by atoms with van der Waals surface area (Å²) in [5.41, 5.74) is 0.733. The first-order valence-electron chi connectivity index (χ1n) is 7.84. The van der Waals surface area contributed by atoms with Crippen molar-refractivity contribution in [2.75, 3.05) is 20.8 Å². The van der Waals surface area contributed by atoms with Gasteiger partial charge in [-0.1, -0.05) is 5.21 Å². The molecular formula is C14H21B2N3O4. The lowest BCUT2D eigenvalue weighted by Gasteiger charge is -2.17. The van der Waals surface area contributed by atoms with Crippen LogP contribution in [0.3, 0.4) is 0 Å². The molecule has 1 aromatic rings. The molecule has 2 aliphatic heterocycles. The molecule has 0 saturated carbocycles. The van der Waals surface area contributed by atoms with Gasteiger partial charge in [-0.2, -0.15) is 0 Å². The molecular weight excluding hydrogens is 296 g/mol. The van der Waals surface area contributed by atoms with Crippen LogP contribution < -0.4 is 0 Å². The van der Waals surface area contributed by atoms with Gasteiger partial charge in [0, 0.05) is 38.7 Å². The zero-order valence-corrected chi connectivity index (χ0v) is 13.5. The van der Waals surface area contributed by atoms with Gasteiger partial charge in [0.25, 0.3) is 0 Å². The summed E-state index contributed by atoms with van der Waals surface area (Å²) in [6.07, 6.45) is 2.90. The predicted molar refractivity (Wildman–Crippen MR) is 83.2 cm³/mol. The highest BCUT2D eigenvalue weighted by Crippen LogP contribution is 2.33. The SMILES string of the molecule is [B][C@H]1CC(OC)[C@@H](c2cn(CC3C[C@H]([B])O[C@@H]3COC)nn2)O1. The van der Waals surface area contributed by atoms with Crippen molar-refractivity contribution in [2.24, 2.45) is 5.92 Å². The molecule has 6 atom stereocenters. The molecule has 7 nitrogen and oxygen atoms in total. The van der Waals surface area contributed by atoms with Crippen LogP contribution in [-0.4, -0.2) is 75.7 Å². The van der Waals surface area contributed by atoms with Crippen molar-refractivity contribution in [3.8, 4) is 0 Å². The number of hydrogen-bond donors (Lipinski definition) is 0. The zero-order chi connectivity index (χ0) is 16.4. The fourth-order valence-corrected chi connectivity index (χ4v) is 3.31. The van der Waals surface area contributed by atoms with Crippen molar-refractivity contribution in [2.45, 2.75) is 49.7 Å². The fraction of sp³-hybridized carbons (Fsp3) is 0.857. The van der Waals surface area contributed by atoms with Gasteiger partial charge in [-0.15, -0.1) is 5.10 Å². The normalized spacial score (nSPS) is 37.5. The van der Waals surface area contributed by atoms with Crippen molar-refractivity contribution in [3.05, 3.63) is 11.9 Å². The summed E-state index contributed by atoms with van der Waals surface area (Å²) in [6.45, 7) is 1.19. The van der Waals surface area contributed by atoms with E-state index in [9.17, 15) is 0 Å². The van der Waals surface area contributed by atoms with Crippen LogP contribution in [0.15, 0.2) is 6.20 Å². The third-order valence-electron chi connectivity index (χ3n) is 4.44. The smallest absolute Gasteiger partial charge is 0.128 e. The average molecular weight is 317 g/mol. The molecule has 3 rings (SSSR count). The molecule has 0 N–H and O–H groups in total. The van der Waals surface area contributed by atoms with Crippen LogP contribution in [0.4, 0.5) is 0 Å². The van der Waals surface area contributed by atoms with E-state index in [1.807, 2.05) is 6.20 Å². The molecule has 2 fully saturated rings. The minimum Gasteiger partial charge on any atom is -0.382 e. The lowest BCUT2D eigenvalue weighted by atomic mass is 9.91. The maximum atomic E-state index is 5.88. The van der Waals surface area contributed by atoms with Gasteiger partial charge in [0.15, 0.2) is 0 Å². The molecule has 23 heavy (non-hydrogen) atoms. The number of rotatable bonds is 6. The quantitative estimate of drug-likeness (QED) is 0.677. The van der Waals surface area contributed by atoms with E-state index in [-0.39, 0.29) is 36.2 Å². The van der Waals surface area contributed by atoms with Gasteiger partial charge in [0.2, 0.25) is 0 Å². The van der Waals surface area contributed by atoms with E-state index in [2.05, 4.69) is 10.3 Å². The summed E-state index contributed by atoms with van der Waals surface area (Å²) in [7, 11) is 15.0. The topological polar surface area (TPSA) is 67.6 Å². The lowest BCUT2D eigenvalue weighted by molar-refractivity contribution is 0.00571. The Morgan fingerprint density at radius 1 is 1.26 bits per heavy atom. The number of ether oxygens (including phenoxy) is 4. The van der Waals surface area contributed by atoms with Crippen LogP contribution in [0, 0.1) is 5.92 Å². The summed E-state index contributed by atoms with van der Waals surface area (Å²) in [4.78, 5) is 0. The molecule has 4 radical (unpaired) electrons. The van der Waals surface area contributed by atoms with Gasteiger partial charge < -0.3 is 18.9 Å². The third-order valence-corrected chi connectivity index (χ3v) is 4.44. The number of aromatic nitrogens is 3. The van der Waals surface area contributed by atoms with E-state index < -0.39 is 0 Å². The van der Waals surface area contributed by atoms with Gasteiger partial charge in [-0.3, -0.25) is 4.68 Å². The molecule has 122 valence electrons. The largest absolute Gasteiger partial charge is 0.382 e. The van der Waals surface area contributed by atoms with Crippen molar-refractivity contribution in [3.63, 3.8) is 0 Å². The number of nitrogens with zero attached hydrogens (tertiary/aromatic N) is 3. The van der Waals surface area contributed by atoms with Crippen molar-refractivity contribution < 1.29 is 18.9 Å². The Labute approximate surface area is 138 Å². The minimum atomic E-state index is -0.331. The molecule has 3 heterocycles. The number of methoxy groups -OCH3 is 2. The Hall–Kier alpha value is -0.890. The monoisotopic (exact) mass is 317 g/mol. The van der Waals surface area contributed by atoms with Crippen LogP contribution in [0.2, 0.25) is 0 Å². The molecule has 0 bridgehead atoms. The van der Waals surface area contributed by atoms with Crippen LogP contribution in [0.25, 0.3) is 0 Å². The summed E-state index contributed by atoms with van der Waals surface area (Å²) in [5, 5.41) is 8.40. The molecule has 0 aromatic carbocycles. The van der Waals surface area contributed by atoms with E-state index in [0.717, 1.165) is 12.1 Å². The highest BCUT2D eigenvalue weighted by Gasteiger charge is 2.37. The van der Waals surface area contributed by atoms with Crippen molar-refractivity contribution in [1.82, 2.24) is 15.0 Å². The fourth-order valence-electron chi connectivity index (χ4n) is 3.31. The summed E-state index contributed by atoms with van der Waals surface area (Å²) >= 11 is 0. The first kappa shape index (κ1) is 16.9. The Bertz CT molecular complexity index is 518. The molecule has 0 aliphatic carbocycles. The van der Waals surface area contributed by atoms with E-state index in [0.29, 0.717) is 19.6 Å². The van der Waals surface area contributed by atoms with Crippen LogP contribution >= 0.6 is 0 Å². The molecule has 1 aromatic heterocycles. The maximum Gasteiger partial charge on any atom is 0.128 e. The van der Waals surface area contributed by atoms with Gasteiger partial charge >= 0.3 is 0 Å². The maximum absolute atomic E-state index is 5.88. The third kappa shape index (κ3) is 3.79. The van der Waals surface area contributed by atoms with Crippen molar-refractivity contribution in [1.29, 1.82) is 0 Å². The van der Waals surface area contributed by atoms with Crippen LogP contribution in [0.1, 0.15) is 24.6 Å². The molecule has 2 saturated heterocycles. The van der Waals surface area contributed by atoms with Crippen molar-refractivity contribution >= 4 is 15.7 Å². The summed E-state index contributed by atoms with van der Waals surface area (Å²) in [6, 6.07) is -0.584. The van der Waals surface area contributed by atoms with E-state index >= 15 is 0 Å². The number of hydrogen-bond acceptors (Lipinski definition) is 6. The van der Waals surface area contributed by atoms with Crippen LogP contribution in [0.5, 0.6) is 0 Å². The van der Waals surface area contributed by atoms with E-state index in [1.165, 1.54) is 0 Å². The molecule has 9 heteroatoms.